The molecule has 0 fully saturated rings. The highest BCUT2D eigenvalue weighted by atomic mass is 127. The first kappa shape index (κ1) is 25.4. The minimum Gasteiger partial charge on any atom is -1.00 e. The monoisotopic (exact) mass is 521 g/mol. The molecule has 1 heterocycles. The van der Waals surface area contributed by atoms with Crippen molar-refractivity contribution in [1.82, 2.24) is 9.55 Å². The summed E-state index contributed by atoms with van der Waals surface area (Å²) in [5.74, 6) is 0.546. The number of nitrogens with zero attached hydrogens (tertiary/aromatic N) is 3. The quantitative estimate of drug-likeness (QED) is 0.149. The first-order valence-corrected chi connectivity index (χ1v) is 11.0. The van der Waals surface area contributed by atoms with E-state index in [9.17, 15) is 9.18 Å². The van der Waals surface area contributed by atoms with Crippen LogP contribution in [0.2, 0.25) is 0 Å². The molecule has 158 valence electrons. The smallest absolute Gasteiger partial charge is 0.262 e. The molecule has 1 aromatic carbocycles. The molecule has 0 saturated heterocycles. The average molecular weight is 521 g/mol. The predicted octanol–water partition coefficient (Wildman–Crippen LogP) is 1.70. The van der Waals surface area contributed by atoms with Gasteiger partial charge in [0.25, 0.3) is 5.56 Å². The number of benzene rings is 1. The van der Waals surface area contributed by atoms with Gasteiger partial charge in [0.1, 0.15) is 5.82 Å². The van der Waals surface area contributed by atoms with Crippen molar-refractivity contribution in [3.8, 4) is 0 Å². The van der Waals surface area contributed by atoms with Crippen molar-refractivity contribution in [3.05, 3.63) is 34.4 Å². The third-order valence-electron chi connectivity index (χ3n) is 4.87. The lowest BCUT2D eigenvalue weighted by atomic mass is 10.2. The van der Waals surface area contributed by atoms with E-state index < -0.39 is 5.82 Å². The van der Waals surface area contributed by atoms with Crippen LogP contribution < -0.4 is 29.5 Å². The molecule has 4 nitrogen and oxygen atoms in total. The predicted molar refractivity (Wildman–Crippen MR) is 113 cm³/mol. The van der Waals surface area contributed by atoms with E-state index in [1.54, 1.807) is 22.4 Å². The lowest BCUT2D eigenvalue weighted by molar-refractivity contribution is -0.890. The number of hydrogen-bond donors (Lipinski definition) is 0. The summed E-state index contributed by atoms with van der Waals surface area (Å²) < 4.78 is 16.3. The summed E-state index contributed by atoms with van der Waals surface area (Å²) >= 11 is 1.63. The van der Waals surface area contributed by atoms with Crippen LogP contribution in [-0.2, 0) is 6.54 Å². The molecule has 2 aromatic rings. The van der Waals surface area contributed by atoms with Crippen LogP contribution in [0.5, 0.6) is 0 Å². The molecule has 0 atom stereocenters. The molecule has 0 amide bonds. The number of aromatic nitrogens is 2. The van der Waals surface area contributed by atoms with Crippen LogP contribution in [0.1, 0.15) is 46.0 Å². The molecule has 0 aliphatic carbocycles. The highest BCUT2D eigenvalue weighted by Crippen LogP contribution is 2.20. The summed E-state index contributed by atoms with van der Waals surface area (Å²) in [6.45, 7) is 7.14. The molecule has 7 heteroatoms. The molecule has 0 radical (unpaired) electrons. The highest BCUT2D eigenvalue weighted by molar-refractivity contribution is 7.99. The van der Waals surface area contributed by atoms with E-state index in [0.29, 0.717) is 17.4 Å². The zero-order valence-electron chi connectivity index (χ0n) is 17.5. The molecule has 0 bridgehead atoms. The van der Waals surface area contributed by atoms with Gasteiger partial charge in [0.2, 0.25) is 0 Å². The molecule has 2 rings (SSSR count). The lowest BCUT2D eigenvalue weighted by Crippen LogP contribution is -3.00. The van der Waals surface area contributed by atoms with Gasteiger partial charge in [0.15, 0.2) is 5.16 Å². The molecule has 0 aliphatic heterocycles. The number of rotatable bonds is 11. The number of halogens is 2. The Kier molecular flexibility index (Phi) is 11.0. The fourth-order valence-corrected chi connectivity index (χ4v) is 4.25. The Morgan fingerprint density at radius 1 is 1.11 bits per heavy atom. The molecule has 0 spiro atoms. The summed E-state index contributed by atoms with van der Waals surface area (Å²) in [5.41, 5.74) is 0.452. The first-order chi connectivity index (χ1) is 12.9. The van der Waals surface area contributed by atoms with Crippen molar-refractivity contribution < 1.29 is 32.9 Å². The maximum absolute atomic E-state index is 13.6. The van der Waals surface area contributed by atoms with Crippen LogP contribution in [0.3, 0.4) is 0 Å². The van der Waals surface area contributed by atoms with E-state index in [1.807, 2.05) is 0 Å². The van der Waals surface area contributed by atoms with Crippen LogP contribution >= 0.6 is 11.8 Å². The Hall–Kier alpha value is -0.670. The van der Waals surface area contributed by atoms with Crippen molar-refractivity contribution >= 4 is 22.7 Å². The largest absolute Gasteiger partial charge is 1.00 e. The van der Waals surface area contributed by atoms with Gasteiger partial charge >= 0.3 is 0 Å². The average Bonchev–Trinajstić information content (AvgIpc) is 2.63. The molecular formula is C21H33FIN3OS. The van der Waals surface area contributed by atoms with Crippen LogP contribution in [0, 0.1) is 5.82 Å². The molecule has 28 heavy (non-hydrogen) atoms. The van der Waals surface area contributed by atoms with E-state index in [2.05, 4.69) is 32.9 Å². The van der Waals surface area contributed by atoms with Crippen molar-refractivity contribution in [2.75, 3.05) is 32.9 Å². The highest BCUT2D eigenvalue weighted by Gasteiger charge is 2.16. The Balaban J connectivity index is 0.00000392. The molecular weight excluding hydrogens is 488 g/mol. The van der Waals surface area contributed by atoms with Gasteiger partial charge in [0, 0.05) is 18.7 Å². The second-order valence-corrected chi connectivity index (χ2v) is 8.87. The minimum absolute atomic E-state index is 0. The second kappa shape index (κ2) is 12.1. The van der Waals surface area contributed by atoms with Crippen LogP contribution in [0.4, 0.5) is 4.39 Å². The van der Waals surface area contributed by atoms with E-state index in [0.717, 1.165) is 47.7 Å². The summed E-state index contributed by atoms with van der Waals surface area (Å²) in [5, 5.41) is 1.13. The second-order valence-electron chi connectivity index (χ2n) is 7.80. The fraction of sp³-hybridized carbons (Fsp3) is 0.619. The van der Waals surface area contributed by atoms with Gasteiger partial charge < -0.3 is 28.5 Å². The Bertz CT molecular complexity index is 810. The number of unbranched alkanes of at least 4 members (excludes halogenated alkanes) is 2. The molecule has 0 unspecified atom stereocenters. The number of quaternary nitrogens is 1. The van der Waals surface area contributed by atoms with E-state index in [-0.39, 0.29) is 29.5 Å². The van der Waals surface area contributed by atoms with Crippen molar-refractivity contribution in [3.63, 3.8) is 0 Å². The van der Waals surface area contributed by atoms with Crippen molar-refractivity contribution in [2.45, 2.75) is 57.7 Å². The summed E-state index contributed by atoms with van der Waals surface area (Å²) in [4.78, 5) is 17.7. The van der Waals surface area contributed by atoms with E-state index >= 15 is 0 Å². The van der Waals surface area contributed by atoms with E-state index in [1.165, 1.54) is 25.0 Å². The lowest BCUT2D eigenvalue weighted by Gasteiger charge is -2.30. The van der Waals surface area contributed by atoms with Gasteiger partial charge in [-0.15, -0.1) is 0 Å². The van der Waals surface area contributed by atoms with Gasteiger partial charge in [-0.3, -0.25) is 9.36 Å². The Labute approximate surface area is 189 Å². The van der Waals surface area contributed by atoms with E-state index in [4.69, 9.17) is 0 Å². The summed E-state index contributed by atoms with van der Waals surface area (Å²) in [6.07, 6.45) is 5.50. The van der Waals surface area contributed by atoms with Crippen LogP contribution in [-0.4, -0.2) is 47.0 Å². The maximum atomic E-state index is 13.6. The summed E-state index contributed by atoms with van der Waals surface area (Å²) in [7, 11) is 4.48. The zero-order valence-corrected chi connectivity index (χ0v) is 20.5. The third-order valence-corrected chi connectivity index (χ3v) is 5.94. The van der Waals surface area contributed by atoms with Crippen LogP contribution in [0.15, 0.2) is 28.2 Å². The van der Waals surface area contributed by atoms with Gasteiger partial charge in [-0.05, 0) is 31.0 Å². The number of fused-ring (bicyclic) bond motifs is 1. The molecule has 0 N–H and O–H groups in total. The van der Waals surface area contributed by atoms with Gasteiger partial charge in [-0.2, -0.15) is 0 Å². The Morgan fingerprint density at radius 3 is 2.46 bits per heavy atom. The number of hydrogen-bond acceptors (Lipinski definition) is 3. The topological polar surface area (TPSA) is 34.9 Å². The zero-order chi connectivity index (χ0) is 19.9. The SMILES string of the molecule is CCCCSc1nc2ccc(F)cc2c(=O)n1CCC[N+](C)(C)CCCC.[I-]. The molecule has 1 aromatic heterocycles. The number of thioether (sulfide) groups is 1. The van der Waals surface area contributed by atoms with Crippen molar-refractivity contribution in [1.29, 1.82) is 0 Å². The standard InChI is InChI=1S/C21H33FN3OS.HI/c1-5-7-13-25(3,4)14-9-12-24-20(26)18-16-17(22)10-11-19(18)23-21(24)27-15-8-6-2;/h10-11,16H,5-9,12-15H2,1-4H3;1H/q+1;/p-1. The van der Waals surface area contributed by atoms with Gasteiger partial charge in [-0.1, -0.05) is 38.5 Å². The molecule has 0 aliphatic rings. The Morgan fingerprint density at radius 2 is 1.79 bits per heavy atom. The van der Waals surface area contributed by atoms with Gasteiger partial charge in [-0.25, -0.2) is 9.37 Å². The minimum atomic E-state index is -0.392. The third kappa shape index (κ3) is 7.30. The first-order valence-electron chi connectivity index (χ1n) is 10.0. The fourth-order valence-electron chi connectivity index (χ4n) is 3.14. The van der Waals surface area contributed by atoms with Crippen LogP contribution in [0.25, 0.3) is 10.9 Å². The maximum Gasteiger partial charge on any atom is 0.262 e. The molecule has 0 saturated carbocycles. The van der Waals surface area contributed by atoms with Crippen molar-refractivity contribution in [2.24, 2.45) is 0 Å². The normalized spacial score (nSPS) is 11.6. The summed E-state index contributed by atoms with van der Waals surface area (Å²) in [6, 6.07) is 4.28. The van der Waals surface area contributed by atoms with Gasteiger partial charge in [0.05, 0.1) is 38.1 Å².